The molecular weight excluding hydrogens is 364 g/mol. The van der Waals surface area contributed by atoms with Crippen LogP contribution in [-0.2, 0) is 11.2 Å². The summed E-state index contributed by atoms with van der Waals surface area (Å²) in [6.45, 7) is 7.59. The second-order valence-corrected chi connectivity index (χ2v) is 8.05. The lowest BCUT2D eigenvalue weighted by atomic mass is 10.1. The van der Waals surface area contributed by atoms with Crippen LogP contribution in [0, 0.1) is 0 Å². The van der Waals surface area contributed by atoms with E-state index in [0.29, 0.717) is 6.42 Å². The van der Waals surface area contributed by atoms with E-state index in [4.69, 9.17) is 0 Å². The number of carbonyl (C=O) groups excluding carboxylic acids is 1. The number of anilines is 1. The van der Waals surface area contributed by atoms with Gasteiger partial charge in [0.15, 0.2) is 0 Å². The van der Waals surface area contributed by atoms with Crippen molar-refractivity contribution >= 4 is 11.6 Å². The first-order chi connectivity index (χ1) is 14.1. The van der Waals surface area contributed by atoms with E-state index >= 15 is 0 Å². The first kappa shape index (κ1) is 19.8. The molecule has 2 saturated heterocycles. The van der Waals surface area contributed by atoms with Gasteiger partial charge in [0.25, 0.3) is 0 Å². The van der Waals surface area contributed by atoms with Crippen LogP contribution in [-0.4, -0.2) is 97.0 Å². The maximum atomic E-state index is 12.8. The number of hydrogen-bond acceptors (Lipinski definition) is 6. The molecule has 2 fully saturated rings. The monoisotopic (exact) mass is 394 g/mol. The highest BCUT2D eigenvalue weighted by atomic mass is 16.2. The molecule has 0 aliphatic carbocycles. The Bertz CT molecular complexity index is 841. The zero-order valence-corrected chi connectivity index (χ0v) is 17.4. The van der Waals surface area contributed by atoms with E-state index in [0.717, 1.165) is 69.3 Å². The zero-order chi connectivity index (χ0) is 20.2. The number of carbonyl (C=O) groups is 1. The molecule has 29 heavy (non-hydrogen) atoms. The smallest absolute Gasteiger partial charge is 0.228 e. The lowest BCUT2D eigenvalue weighted by molar-refractivity contribution is -0.132. The SMILES string of the molecule is CN1CCN(C(=O)Cc2nccnc2-c2cccc(N3CCN(C)CC3)c2)CC1. The van der Waals surface area contributed by atoms with E-state index < -0.39 is 0 Å². The fourth-order valence-electron chi connectivity index (χ4n) is 3.96. The number of nitrogens with zero attached hydrogens (tertiary/aromatic N) is 6. The summed E-state index contributed by atoms with van der Waals surface area (Å²) in [6, 6.07) is 8.47. The molecule has 1 amide bonds. The van der Waals surface area contributed by atoms with Crippen LogP contribution >= 0.6 is 0 Å². The number of amides is 1. The Kier molecular flexibility index (Phi) is 6.06. The van der Waals surface area contributed by atoms with Crippen molar-refractivity contribution in [1.29, 1.82) is 0 Å². The Labute approximate surface area is 172 Å². The van der Waals surface area contributed by atoms with Crippen LogP contribution in [0.5, 0.6) is 0 Å². The number of aromatic nitrogens is 2. The molecular formula is C22H30N6O. The Balaban J connectivity index is 1.52. The standard InChI is InChI=1S/C22H30N6O/c1-25-8-12-27(13-9-25)19-5-3-4-18(16-19)22-20(23-6-7-24-22)17-21(29)28-14-10-26(2)11-15-28/h3-7,16H,8-15,17H2,1-2H3. The van der Waals surface area contributed by atoms with E-state index in [1.807, 2.05) is 4.90 Å². The molecule has 154 valence electrons. The highest BCUT2D eigenvalue weighted by Gasteiger charge is 2.22. The summed E-state index contributed by atoms with van der Waals surface area (Å²) in [4.78, 5) is 30.9. The van der Waals surface area contributed by atoms with Gasteiger partial charge in [-0.25, -0.2) is 0 Å². The summed E-state index contributed by atoms with van der Waals surface area (Å²) in [5.41, 5.74) is 3.80. The van der Waals surface area contributed by atoms with Gasteiger partial charge in [-0.05, 0) is 26.2 Å². The third-order valence-corrected chi connectivity index (χ3v) is 5.94. The third-order valence-electron chi connectivity index (χ3n) is 5.94. The number of rotatable bonds is 4. The summed E-state index contributed by atoms with van der Waals surface area (Å²) in [5.74, 6) is 0.134. The van der Waals surface area contributed by atoms with Crippen molar-refractivity contribution in [1.82, 2.24) is 24.7 Å². The van der Waals surface area contributed by atoms with Crippen molar-refractivity contribution in [2.24, 2.45) is 0 Å². The van der Waals surface area contributed by atoms with Gasteiger partial charge in [-0.15, -0.1) is 0 Å². The molecule has 0 radical (unpaired) electrons. The molecule has 1 aromatic heterocycles. The van der Waals surface area contributed by atoms with E-state index in [2.05, 4.69) is 63.0 Å². The van der Waals surface area contributed by atoms with Gasteiger partial charge in [0.2, 0.25) is 5.91 Å². The second-order valence-electron chi connectivity index (χ2n) is 8.05. The van der Waals surface area contributed by atoms with Crippen molar-refractivity contribution < 1.29 is 4.79 Å². The van der Waals surface area contributed by atoms with E-state index in [-0.39, 0.29) is 5.91 Å². The van der Waals surface area contributed by atoms with Crippen molar-refractivity contribution in [2.45, 2.75) is 6.42 Å². The van der Waals surface area contributed by atoms with Gasteiger partial charge in [0, 0.05) is 76.0 Å². The molecule has 4 rings (SSSR count). The van der Waals surface area contributed by atoms with Crippen molar-refractivity contribution in [3.63, 3.8) is 0 Å². The number of hydrogen-bond donors (Lipinski definition) is 0. The van der Waals surface area contributed by atoms with Gasteiger partial charge in [-0.3, -0.25) is 14.8 Å². The first-order valence-electron chi connectivity index (χ1n) is 10.4. The first-order valence-corrected chi connectivity index (χ1v) is 10.4. The van der Waals surface area contributed by atoms with E-state index in [1.165, 1.54) is 5.69 Å². The Morgan fingerprint density at radius 2 is 1.55 bits per heavy atom. The normalized spacial score (nSPS) is 18.8. The van der Waals surface area contributed by atoms with Crippen LogP contribution < -0.4 is 4.90 Å². The van der Waals surface area contributed by atoms with Gasteiger partial charge in [-0.2, -0.15) is 0 Å². The number of benzene rings is 1. The molecule has 2 aromatic rings. The predicted octanol–water partition coefficient (Wildman–Crippen LogP) is 1.21. The summed E-state index contributed by atoms with van der Waals surface area (Å²) < 4.78 is 0. The van der Waals surface area contributed by atoms with Gasteiger partial charge in [0.1, 0.15) is 0 Å². The van der Waals surface area contributed by atoms with Crippen LogP contribution in [0.2, 0.25) is 0 Å². The predicted molar refractivity (Wildman–Crippen MR) is 115 cm³/mol. The zero-order valence-electron chi connectivity index (χ0n) is 17.4. The van der Waals surface area contributed by atoms with Gasteiger partial charge in [0.05, 0.1) is 17.8 Å². The maximum absolute atomic E-state index is 12.8. The average Bonchev–Trinajstić information content (AvgIpc) is 2.75. The third kappa shape index (κ3) is 4.74. The highest BCUT2D eigenvalue weighted by molar-refractivity contribution is 5.81. The molecule has 2 aliphatic heterocycles. The quantitative estimate of drug-likeness (QED) is 0.777. The minimum atomic E-state index is 0.134. The molecule has 0 atom stereocenters. The minimum Gasteiger partial charge on any atom is -0.369 e. The summed E-state index contributed by atoms with van der Waals surface area (Å²) in [7, 11) is 4.26. The minimum absolute atomic E-state index is 0.134. The molecule has 7 nitrogen and oxygen atoms in total. The van der Waals surface area contributed by atoms with Crippen LogP contribution in [0.1, 0.15) is 5.69 Å². The van der Waals surface area contributed by atoms with Gasteiger partial charge >= 0.3 is 0 Å². The largest absolute Gasteiger partial charge is 0.369 e. The molecule has 0 bridgehead atoms. The Hall–Kier alpha value is -2.51. The van der Waals surface area contributed by atoms with E-state index in [9.17, 15) is 4.79 Å². The van der Waals surface area contributed by atoms with Crippen LogP contribution in [0.3, 0.4) is 0 Å². The van der Waals surface area contributed by atoms with Crippen LogP contribution in [0.25, 0.3) is 11.3 Å². The van der Waals surface area contributed by atoms with Gasteiger partial charge < -0.3 is 19.6 Å². The van der Waals surface area contributed by atoms with Crippen LogP contribution in [0.4, 0.5) is 5.69 Å². The summed E-state index contributed by atoms with van der Waals surface area (Å²) >= 11 is 0. The lowest BCUT2D eigenvalue weighted by Gasteiger charge is -2.34. The van der Waals surface area contributed by atoms with Gasteiger partial charge in [-0.1, -0.05) is 12.1 Å². The fourth-order valence-corrected chi connectivity index (χ4v) is 3.96. The molecule has 7 heteroatoms. The fraction of sp³-hybridized carbons (Fsp3) is 0.500. The van der Waals surface area contributed by atoms with Crippen molar-refractivity contribution in [3.8, 4) is 11.3 Å². The lowest BCUT2D eigenvalue weighted by Crippen LogP contribution is -2.47. The second kappa shape index (κ2) is 8.88. The molecule has 1 aromatic carbocycles. The molecule has 0 N–H and O–H groups in total. The highest BCUT2D eigenvalue weighted by Crippen LogP contribution is 2.26. The topological polar surface area (TPSA) is 55.8 Å². The van der Waals surface area contributed by atoms with Crippen molar-refractivity contribution in [3.05, 3.63) is 42.4 Å². The molecule has 2 aliphatic rings. The Morgan fingerprint density at radius 1 is 0.897 bits per heavy atom. The summed E-state index contributed by atoms with van der Waals surface area (Å²) in [5, 5.41) is 0. The average molecular weight is 395 g/mol. The van der Waals surface area contributed by atoms with Crippen molar-refractivity contribution in [2.75, 3.05) is 71.4 Å². The number of piperazine rings is 2. The summed E-state index contributed by atoms with van der Waals surface area (Å²) in [6.07, 6.45) is 3.69. The molecule has 3 heterocycles. The number of likely N-dealkylation sites (N-methyl/N-ethyl adjacent to an activating group) is 2. The van der Waals surface area contributed by atoms with E-state index in [1.54, 1.807) is 12.4 Å². The van der Waals surface area contributed by atoms with Crippen LogP contribution in [0.15, 0.2) is 36.7 Å². The molecule has 0 spiro atoms. The Morgan fingerprint density at radius 3 is 2.28 bits per heavy atom. The maximum Gasteiger partial charge on any atom is 0.228 e. The molecule has 0 saturated carbocycles. The molecule has 0 unspecified atom stereocenters.